The van der Waals surface area contributed by atoms with Gasteiger partial charge in [-0.15, -0.1) is 0 Å². The van der Waals surface area contributed by atoms with Crippen molar-refractivity contribution in [3.8, 4) is 0 Å². The number of carbonyl (C=O) groups is 1. The number of carbonyl (C=O) groups excluding carboxylic acids is 1. The largest absolute Gasteiger partial charge is 0.342 e. The molecule has 0 fully saturated rings. The van der Waals surface area contributed by atoms with E-state index in [1.54, 1.807) is 4.90 Å². The van der Waals surface area contributed by atoms with Crippen LogP contribution in [-0.4, -0.2) is 39.9 Å². The van der Waals surface area contributed by atoms with Gasteiger partial charge < -0.3 is 4.90 Å². The lowest BCUT2D eigenvalue weighted by Gasteiger charge is -2.18. The molecule has 0 aliphatic carbocycles. The Morgan fingerprint density at radius 3 is 2.68 bits per heavy atom. The second kappa shape index (κ2) is 8.25. The summed E-state index contributed by atoms with van der Waals surface area (Å²) in [5.41, 5.74) is 2.26. The lowest BCUT2D eigenvalue weighted by molar-refractivity contribution is 0.0790. The Bertz CT molecular complexity index is 423. The molecule has 0 unspecified atom stereocenters. The fourth-order valence-electron chi connectivity index (χ4n) is 1.89. The van der Waals surface area contributed by atoms with Crippen molar-refractivity contribution in [2.45, 2.75) is 39.5 Å². The normalized spacial score (nSPS) is 10.5. The second-order valence-electron chi connectivity index (χ2n) is 4.68. The number of hydrogen-bond donors (Lipinski definition) is 0. The van der Waals surface area contributed by atoms with Gasteiger partial charge in [-0.05, 0) is 32.3 Å². The highest BCUT2D eigenvalue weighted by Crippen LogP contribution is 2.11. The van der Waals surface area contributed by atoms with E-state index in [2.05, 4.69) is 26.1 Å². The molecule has 1 aromatic rings. The van der Waals surface area contributed by atoms with E-state index in [-0.39, 0.29) is 5.91 Å². The number of alkyl halides is 1. The van der Waals surface area contributed by atoms with Gasteiger partial charge in [-0.1, -0.05) is 29.3 Å². The molecule has 1 heterocycles. The van der Waals surface area contributed by atoms with E-state index in [1.807, 2.05) is 27.0 Å². The van der Waals surface area contributed by atoms with E-state index >= 15 is 0 Å². The summed E-state index contributed by atoms with van der Waals surface area (Å²) in [7, 11) is 1.85. The molecule has 0 aliphatic rings. The third kappa shape index (κ3) is 4.90. The average Bonchev–Trinajstić information content (AvgIpc) is 2.42. The summed E-state index contributed by atoms with van der Waals surface area (Å²) < 4.78 is 0. The van der Waals surface area contributed by atoms with E-state index in [9.17, 15) is 4.79 Å². The van der Waals surface area contributed by atoms with Crippen molar-refractivity contribution in [2.24, 2.45) is 0 Å². The number of halogens is 1. The Hall–Kier alpha value is -0.970. The van der Waals surface area contributed by atoms with Gasteiger partial charge in [0, 0.05) is 18.9 Å². The van der Waals surface area contributed by atoms with E-state index in [4.69, 9.17) is 0 Å². The van der Waals surface area contributed by atoms with Crippen molar-refractivity contribution in [1.82, 2.24) is 15.1 Å². The fraction of sp³-hybridized carbons (Fsp3) is 0.643. The van der Waals surface area contributed by atoms with Gasteiger partial charge in [-0.2, -0.15) is 10.2 Å². The molecule has 0 N–H and O–H groups in total. The molecule has 0 aromatic carbocycles. The number of rotatable bonds is 7. The molecule has 1 amide bonds. The van der Waals surface area contributed by atoms with Crippen molar-refractivity contribution in [2.75, 3.05) is 18.9 Å². The van der Waals surface area contributed by atoms with E-state index in [1.165, 1.54) is 0 Å². The predicted molar refractivity (Wildman–Crippen MR) is 80.8 cm³/mol. The Morgan fingerprint density at radius 1 is 1.32 bits per heavy atom. The van der Waals surface area contributed by atoms with Crippen LogP contribution >= 0.6 is 15.9 Å². The van der Waals surface area contributed by atoms with E-state index in [0.29, 0.717) is 5.56 Å². The molecule has 4 nitrogen and oxygen atoms in total. The maximum Gasteiger partial charge on any atom is 0.255 e. The molecule has 0 atom stereocenters. The van der Waals surface area contributed by atoms with Crippen LogP contribution in [0.2, 0.25) is 0 Å². The topological polar surface area (TPSA) is 46.1 Å². The van der Waals surface area contributed by atoms with Gasteiger partial charge in [-0.3, -0.25) is 4.79 Å². The summed E-state index contributed by atoms with van der Waals surface area (Å²) in [5, 5.41) is 9.15. The van der Waals surface area contributed by atoms with Crippen LogP contribution in [0.4, 0.5) is 0 Å². The fourth-order valence-corrected chi connectivity index (χ4v) is 2.28. The lowest BCUT2D eigenvalue weighted by Crippen LogP contribution is -2.29. The minimum Gasteiger partial charge on any atom is -0.342 e. The van der Waals surface area contributed by atoms with E-state index < -0.39 is 0 Å². The first-order valence-electron chi connectivity index (χ1n) is 6.74. The molecule has 1 rings (SSSR count). The van der Waals surface area contributed by atoms with Crippen LogP contribution in [0.5, 0.6) is 0 Å². The molecule has 0 radical (unpaired) electrons. The first-order valence-corrected chi connectivity index (χ1v) is 7.87. The Kier molecular flexibility index (Phi) is 6.99. The molecule has 0 saturated carbocycles. The average molecular weight is 328 g/mol. The molecule has 106 valence electrons. The van der Waals surface area contributed by atoms with Crippen molar-refractivity contribution in [3.63, 3.8) is 0 Å². The Labute approximate surface area is 123 Å². The minimum atomic E-state index is 0.0497. The predicted octanol–water partition coefficient (Wildman–Crippen LogP) is 2.98. The Balaban J connectivity index is 2.68. The van der Waals surface area contributed by atoms with Gasteiger partial charge in [0.1, 0.15) is 0 Å². The number of amides is 1. The zero-order chi connectivity index (χ0) is 14.3. The van der Waals surface area contributed by atoms with Crippen LogP contribution in [0.1, 0.15) is 47.9 Å². The maximum atomic E-state index is 12.4. The highest BCUT2D eigenvalue weighted by molar-refractivity contribution is 9.09. The molecule has 0 aliphatic heterocycles. The summed E-state index contributed by atoms with van der Waals surface area (Å²) in [5.74, 6) is 0.0497. The van der Waals surface area contributed by atoms with Crippen LogP contribution in [-0.2, 0) is 6.42 Å². The molecular weight excluding hydrogens is 306 g/mol. The third-order valence-corrected chi connectivity index (χ3v) is 3.59. The quantitative estimate of drug-likeness (QED) is 0.571. The van der Waals surface area contributed by atoms with Crippen molar-refractivity contribution in [3.05, 3.63) is 23.0 Å². The molecule has 0 spiro atoms. The van der Waals surface area contributed by atoms with Crippen molar-refractivity contribution >= 4 is 21.8 Å². The lowest BCUT2D eigenvalue weighted by atomic mass is 10.1. The number of hydrogen-bond acceptors (Lipinski definition) is 3. The van der Waals surface area contributed by atoms with Crippen LogP contribution in [0, 0.1) is 6.92 Å². The molecule has 0 bridgehead atoms. The number of aromatic nitrogens is 2. The van der Waals surface area contributed by atoms with Crippen molar-refractivity contribution in [1.29, 1.82) is 0 Å². The van der Waals surface area contributed by atoms with Gasteiger partial charge >= 0.3 is 0 Å². The van der Waals surface area contributed by atoms with Crippen LogP contribution in [0.15, 0.2) is 6.07 Å². The van der Waals surface area contributed by atoms with E-state index in [0.717, 1.165) is 48.9 Å². The number of nitrogens with zero attached hydrogens (tertiary/aromatic N) is 3. The van der Waals surface area contributed by atoms with Crippen LogP contribution in [0.3, 0.4) is 0 Å². The second-order valence-corrected chi connectivity index (χ2v) is 5.47. The number of aryl methyl sites for hydroxylation is 2. The summed E-state index contributed by atoms with van der Waals surface area (Å²) in [6.07, 6.45) is 4.05. The highest BCUT2D eigenvalue weighted by Gasteiger charge is 2.16. The summed E-state index contributed by atoms with van der Waals surface area (Å²) >= 11 is 3.41. The summed E-state index contributed by atoms with van der Waals surface area (Å²) in [6.45, 7) is 4.64. The molecule has 0 saturated heterocycles. The number of unbranched alkanes of at least 4 members (excludes halogenated alkanes) is 2. The van der Waals surface area contributed by atoms with Crippen molar-refractivity contribution < 1.29 is 4.79 Å². The molecule has 19 heavy (non-hydrogen) atoms. The molecule has 1 aromatic heterocycles. The monoisotopic (exact) mass is 327 g/mol. The van der Waals surface area contributed by atoms with Gasteiger partial charge in [0.15, 0.2) is 0 Å². The third-order valence-electron chi connectivity index (χ3n) is 3.03. The van der Waals surface area contributed by atoms with Gasteiger partial charge in [0.05, 0.1) is 17.0 Å². The first kappa shape index (κ1) is 16.1. The zero-order valence-corrected chi connectivity index (χ0v) is 13.5. The highest BCUT2D eigenvalue weighted by atomic mass is 79.9. The zero-order valence-electron chi connectivity index (χ0n) is 11.9. The summed E-state index contributed by atoms with van der Waals surface area (Å²) in [4.78, 5) is 14.2. The minimum absolute atomic E-state index is 0.0497. The van der Waals surface area contributed by atoms with Gasteiger partial charge in [-0.25, -0.2) is 0 Å². The van der Waals surface area contributed by atoms with Gasteiger partial charge in [0.2, 0.25) is 0 Å². The Morgan fingerprint density at radius 2 is 2.05 bits per heavy atom. The van der Waals surface area contributed by atoms with Crippen LogP contribution in [0.25, 0.3) is 0 Å². The maximum absolute atomic E-state index is 12.4. The standard InChI is InChI=1S/C14H22BrN3O/c1-4-13-12(10-11(2)16-17-13)14(19)18(3)9-7-5-6-8-15/h10H,4-9H2,1-3H3. The SMILES string of the molecule is CCc1nnc(C)cc1C(=O)N(C)CCCCCBr. The first-order chi connectivity index (χ1) is 9.10. The summed E-state index contributed by atoms with van der Waals surface area (Å²) in [6, 6.07) is 1.84. The van der Waals surface area contributed by atoms with Gasteiger partial charge in [0.25, 0.3) is 5.91 Å². The smallest absolute Gasteiger partial charge is 0.255 e. The molecule has 5 heteroatoms. The van der Waals surface area contributed by atoms with Crippen LogP contribution < -0.4 is 0 Å². The molecular formula is C14H22BrN3O.